The van der Waals surface area contributed by atoms with Gasteiger partial charge in [-0.1, -0.05) is 24.3 Å². The van der Waals surface area contributed by atoms with Crippen LogP contribution in [0.25, 0.3) is 11.3 Å². The summed E-state index contributed by atoms with van der Waals surface area (Å²) in [6, 6.07) is 10.3. The van der Waals surface area contributed by atoms with Crippen LogP contribution in [0.5, 0.6) is 0 Å². The van der Waals surface area contributed by atoms with Crippen LogP contribution in [0.3, 0.4) is 0 Å². The molecular weight excluding hydrogens is 377 g/mol. The standard InChI is InChI=1S/C22H20FNO5/c1-3-29-19(26)11-6-14-4-7-15(8-5-14)21(27)20-17-10-9-16(23)12-18(17)24(13(2)25)22(20)28/h4-5,7-10,12,27H,3,6,11H2,1-2H3. The van der Waals surface area contributed by atoms with Gasteiger partial charge in [0, 0.05) is 24.5 Å². The van der Waals surface area contributed by atoms with Crippen LogP contribution in [0.2, 0.25) is 0 Å². The Kier molecular flexibility index (Phi) is 5.77. The van der Waals surface area contributed by atoms with E-state index < -0.39 is 17.6 Å². The van der Waals surface area contributed by atoms with Gasteiger partial charge in [-0.25, -0.2) is 9.29 Å². The number of nitrogens with zero attached hydrogens (tertiary/aromatic N) is 1. The highest BCUT2D eigenvalue weighted by Gasteiger charge is 2.38. The Morgan fingerprint density at radius 1 is 1.14 bits per heavy atom. The van der Waals surface area contributed by atoms with Gasteiger partial charge in [0.25, 0.3) is 5.91 Å². The number of carbonyl (C=O) groups is 3. The predicted octanol–water partition coefficient (Wildman–Crippen LogP) is 3.64. The Morgan fingerprint density at radius 3 is 2.45 bits per heavy atom. The summed E-state index contributed by atoms with van der Waals surface area (Å²) in [5.74, 6) is -2.45. The van der Waals surface area contributed by atoms with Crippen molar-refractivity contribution < 1.29 is 28.6 Å². The van der Waals surface area contributed by atoms with Gasteiger partial charge in [-0.15, -0.1) is 0 Å². The molecule has 0 spiro atoms. The molecule has 6 nitrogen and oxygen atoms in total. The first kappa shape index (κ1) is 20.3. The van der Waals surface area contributed by atoms with E-state index in [1.54, 1.807) is 31.2 Å². The summed E-state index contributed by atoms with van der Waals surface area (Å²) in [5.41, 5.74) is 1.57. The Morgan fingerprint density at radius 2 is 1.83 bits per heavy atom. The monoisotopic (exact) mass is 397 g/mol. The molecule has 0 unspecified atom stereocenters. The van der Waals surface area contributed by atoms with Gasteiger partial charge < -0.3 is 9.84 Å². The second kappa shape index (κ2) is 8.26. The Balaban J connectivity index is 1.92. The smallest absolute Gasteiger partial charge is 0.306 e. The number of benzene rings is 2. The second-order valence-corrected chi connectivity index (χ2v) is 6.55. The topological polar surface area (TPSA) is 83.9 Å². The summed E-state index contributed by atoms with van der Waals surface area (Å²) in [4.78, 5) is 37.0. The first-order valence-corrected chi connectivity index (χ1v) is 9.16. The number of halogens is 1. The van der Waals surface area contributed by atoms with Crippen molar-refractivity contribution >= 4 is 34.8 Å². The quantitative estimate of drug-likeness (QED) is 0.473. The van der Waals surface area contributed by atoms with Crippen LogP contribution < -0.4 is 4.90 Å². The van der Waals surface area contributed by atoms with Crippen LogP contribution >= 0.6 is 0 Å². The zero-order valence-electron chi connectivity index (χ0n) is 16.1. The first-order chi connectivity index (χ1) is 13.8. The van der Waals surface area contributed by atoms with Crippen LogP contribution in [0.1, 0.15) is 37.0 Å². The number of anilines is 1. The number of ether oxygens (including phenoxy) is 1. The molecule has 2 amide bonds. The molecule has 1 heterocycles. The number of fused-ring (bicyclic) bond motifs is 1. The summed E-state index contributed by atoms with van der Waals surface area (Å²) in [6.45, 7) is 3.27. The number of hydrogen-bond acceptors (Lipinski definition) is 5. The number of aliphatic hydroxyl groups is 1. The van der Waals surface area contributed by atoms with Gasteiger partial charge in [-0.2, -0.15) is 0 Å². The van der Waals surface area contributed by atoms with Gasteiger partial charge in [0.1, 0.15) is 11.6 Å². The molecule has 0 aromatic heterocycles. The minimum absolute atomic E-state index is 0.0607. The number of amides is 2. The van der Waals surface area contributed by atoms with E-state index in [9.17, 15) is 23.9 Å². The zero-order valence-corrected chi connectivity index (χ0v) is 16.1. The normalized spacial score (nSPS) is 14.6. The maximum Gasteiger partial charge on any atom is 0.306 e. The van der Waals surface area contributed by atoms with Crippen LogP contribution in [0.15, 0.2) is 42.5 Å². The lowest BCUT2D eigenvalue weighted by atomic mass is 10.0. The molecule has 1 N–H and O–H groups in total. The molecule has 2 aromatic rings. The molecule has 0 atom stereocenters. The summed E-state index contributed by atoms with van der Waals surface area (Å²) >= 11 is 0. The van der Waals surface area contributed by atoms with Gasteiger partial charge in [-0.3, -0.25) is 14.4 Å². The molecule has 1 aliphatic heterocycles. The molecule has 1 aliphatic rings. The van der Waals surface area contributed by atoms with Crippen molar-refractivity contribution in [3.63, 3.8) is 0 Å². The minimum atomic E-state index is -0.706. The van der Waals surface area contributed by atoms with E-state index >= 15 is 0 Å². The van der Waals surface area contributed by atoms with E-state index in [2.05, 4.69) is 0 Å². The third-order valence-corrected chi connectivity index (χ3v) is 4.59. The van der Waals surface area contributed by atoms with E-state index in [0.29, 0.717) is 18.6 Å². The van der Waals surface area contributed by atoms with Gasteiger partial charge in [0.15, 0.2) is 0 Å². The number of carbonyl (C=O) groups excluding carboxylic acids is 3. The molecule has 0 aliphatic carbocycles. The maximum atomic E-state index is 13.6. The molecule has 7 heteroatoms. The van der Waals surface area contributed by atoms with Crippen LogP contribution in [0, 0.1) is 5.82 Å². The van der Waals surface area contributed by atoms with E-state index in [1.165, 1.54) is 19.1 Å². The fourth-order valence-electron chi connectivity index (χ4n) is 3.23. The molecule has 0 saturated carbocycles. The fraction of sp³-hybridized carbons (Fsp3) is 0.227. The summed E-state index contributed by atoms with van der Waals surface area (Å²) in [6.07, 6.45) is 0.723. The average Bonchev–Trinajstić information content (AvgIpc) is 2.97. The van der Waals surface area contributed by atoms with Crippen molar-refractivity contribution in [2.24, 2.45) is 0 Å². The second-order valence-electron chi connectivity index (χ2n) is 6.55. The average molecular weight is 397 g/mol. The van der Waals surface area contributed by atoms with Crippen molar-refractivity contribution in [2.75, 3.05) is 11.5 Å². The van der Waals surface area contributed by atoms with Crippen LogP contribution in [-0.4, -0.2) is 29.5 Å². The summed E-state index contributed by atoms with van der Waals surface area (Å²) in [5, 5.41) is 10.7. The molecule has 0 saturated heterocycles. The van der Waals surface area contributed by atoms with Crippen LogP contribution in [-0.2, 0) is 25.5 Å². The largest absolute Gasteiger partial charge is 0.506 e. The van der Waals surface area contributed by atoms with Crippen molar-refractivity contribution in [1.82, 2.24) is 0 Å². The van der Waals surface area contributed by atoms with E-state index in [4.69, 9.17) is 4.74 Å². The number of aryl methyl sites for hydroxylation is 1. The van der Waals surface area contributed by atoms with E-state index in [0.717, 1.165) is 16.5 Å². The third kappa shape index (κ3) is 4.03. The van der Waals surface area contributed by atoms with Gasteiger partial charge >= 0.3 is 5.97 Å². The Labute approximate surface area is 167 Å². The van der Waals surface area contributed by atoms with Gasteiger partial charge in [-0.05, 0) is 37.1 Å². The molecule has 29 heavy (non-hydrogen) atoms. The Bertz CT molecular complexity index is 1010. The maximum absolute atomic E-state index is 13.6. The van der Waals surface area contributed by atoms with Crippen molar-refractivity contribution in [3.05, 3.63) is 65.0 Å². The van der Waals surface area contributed by atoms with E-state index in [1.807, 2.05) is 0 Å². The lowest BCUT2D eigenvalue weighted by Crippen LogP contribution is -2.31. The molecule has 2 aromatic carbocycles. The van der Waals surface area contributed by atoms with Gasteiger partial charge in [0.05, 0.1) is 17.9 Å². The summed E-state index contributed by atoms with van der Waals surface area (Å²) < 4.78 is 18.5. The highest BCUT2D eigenvalue weighted by Crippen LogP contribution is 2.40. The van der Waals surface area contributed by atoms with E-state index in [-0.39, 0.29) is 35.0 Å². The van der Waals surface area contributed by atoms with Crippen molar-refractivity contribution in [3.8, 4) is 0 Å². The number of hydrogen-bond donors (Lipinski definition) is 1. The fourth-order valence-corrected chi connectivity index (χ4v) is 3.23. The number of esters is 1. The first-order valence-electron chi connectivity index (χ1n) is 9.16. The third-order valence-electron chi connectivity index (χ3n) is 4.59. The van der Waals surface area contributed by atoms with Crippen molar-refractivity contribution in [2.45, 2.75) is 26.7 Å². The van der Waals surface area contributed by atoms with Crippen molar-refractivity contribution in [1.29, 1.82) is 0 Å². The zero-order chi connectivity index (χ0) is 21.1. The minimum Gasteiger partial charge on any atom is -0.506 e. The molecule has 0 radical (unpaired) electrons. The number of imide groups is 1. The van der Waals surface area contributed by atoms with Gasteiger partial charge in [0.2, 0.25) is 5.91 Å². The molecule has 150 valence electrons. The SMILES string of the molecule is CCOC(=O)CCc1ccc(C(O)=C2C(=O)N(C(C)=O)c3cc(F)ccc32)cc1. The molecule has 0 bridgehead atoms. The highest BCUT2D eigenvalue weighted by molar-refractivity contribution is 6.42. The Hall–Kier alpha value is -3.48. The lowest BCUT2D eigenvalue weighted by Gasteiger charge is -2.12. The molecular formula is C22H20FNO5. The lowest BCUT2D eigenvalue weighted by molar-refractivity contribution is -0.143. The summed E-state index contributed by atoms with van der Waals surface area (Å²) in [7, 11) is 0. The number of rotatable bonds is 5. The molecule has 0 fully saturated rings. The molecule has 3 rings (SSSR count). The number of aliphatic hydroxyl groups excluding tert-OH is 1. The predicted molar refractivity (Wildman–Crippen MR) is 105 cm³/mol. The van der Waals surface area contributed by atoms with Crippen LogP contribution in [0.4, 0.5) is 10.1 Å². The highest BCUT2D eigenvalue weighted by atomic mass is 19.1.